The molecular weight excluding hydrogens is 340 g/mol. The van der Waals surface area contributed by atoms with Crippen molar-refractivity contribution in [1.29, 1.82) is 0 Å². The number of pyridine rings is 1. The van der Waals surface area contributed by atoms with Gasteiger partial charge < -0.3 is 15.4 Å². The maximum atomic E-state index is 13.8. The summed E-state index contributed by atoms with van der Waals surface area (Å²) in [5.74, 6) is -1.33. The highest BCUT2D eigenvalue weighted by molar-refractivity contribution is 6.04. The Bertz CT molecular complexity index is 948. The van der Waals surface area contributed by atoms with E-state index in [1.165, 1.54) is 25.4 Å². The summed E-state index contributed by atoms with van der Waals surface area (Å²) in [6, 6.07) is 13.2. The minimum absolute atomic E-state index is 0.0914. The van der Waals surface area contributed by atoms with Gasteiger partial charge in [0, 0.05) is 18.0 Å². The monoisotopic (exact) mass is 355 g/mol. The Morgan fingerprint density at radius 1 is 1.04 bits per heavy atom. The lowest BCUT2D eigenvalue weighted by Crippen LogP contribution is -2.14. The molecule has 1 amide bonds. The first-order valence-corrected chi connectivity index (χ1v) is 7.69. The van der Waals surface area contributed by atoms with E-state index in [-0.39, 0.29) is 11.4 Å². The molecule has 1 heterocycles. The normalized spacial score (nSPS) is 10.3. The van der Waals surface area contributed by atoms with Crippen molar-refractivity contribution in [2.24, 2.45) is 0 Å². The van der Waals surface area contributed by atoms with Crippen LogP contribution in [-0.2, 0) is 0 Å². The molecule has 0 bridgehead atoms. The number of aromatic nitrogens is 1. The van der Waals surface area contributed by atoms with Crippen LogP contribution in [0.2, 0.25) is 0 Å². The molecule has 5 nitrogen and oxygen atoms in total. The first-order valence-electron chi connectivity index (χ1n) is 7.69. The fourth-order valence-electron chi connectivity index (χ4n) is 2.31. The van der Waals surface area contributed by atoms with E-state index in [9.17, 15) is 13.6 Å². The van der Waals surface area contributed by atoms with Crippen molar-refractivity contribution in [1.82, 2.24) is 4.98 Å². The van der Waals surface area contributed by atoms with Crippen molar-refractivity contribution in [3.05, 3.63) is 78.1 Å². The summed E-state index contributed by atoms with van der Waals surface area (Å²) in [7, 11) is 1.50. The van der Waals surface area contributed by atoms with Crippen molar-refractivity contribution >= 4 is 23.0 Å². The second-order valence-corrected chi connectivity index (χ2v) is 5.33. The minimum Gasteiger partial charge on any atom is -0.495 e. The number of anilines is 3. The number of nitrogens with one attached hydrogen (secondary N) is 2. The number of rotatable bonds is 5. The molecule has 1 aromatic heterocycles. The van der Waals surface area contributed by atoms with Gasteiger partial charge in [0.15, 0.2) is 0 Å². The Kier molecular flexibility index (Phi) is 5.07. The van der Waals surface area contributed by atoms with Gasteiger partial charge in [-0.3, -0.25) is 9.78 Å². The Morgan fingerprint density at radius 3 is 2.62 bits per heavy atom. The molecule has 0 spiro atoms. The Morgan fingerprint density at radius 2 is 1.85 bits per heavy atom. The van der Waals surface area contributed by atoms with Gasteiger partial charge in [-0.25, -0.2) is 8.78 Å². The van der Waals surface area contributed by atoms with Crippen LogP contribution < -0.4 is 15.4 Å². The molecule has 3 aromatic rings. The van der Waals surface area contributed by atoms with Crippen molar-refractivity contribution in [2.45, 2.75) is 0 Å². The van der Waals surface area contributed by atoms with Crippen LogP contribution in [-0.4, -0.2) is 18.0 Å². The average Bonchev–Trinajstić information content (AvgIpc) is 2.65. The first-order chi connectivity index (χ1) is 12.6. The molecule has 0 aliphatic carbocycles. The molecule has 0 unspecified atom stereocenters. The van der Waals surface area contributed by atoms with Crippen molar-refractivity contribution in [2.75, 3.05) is 17.7 Å². The highest BCUT2D eigenvalue weighted by Gasteiger charge is 2.12. The Balaban J connectivity index is 1.79. The number of hydrogen-bond acceptors (Lipinski definition) is 4. The second kappa shape index (κ2) is 7.60. The Labute approximate surface area is 148 Å². The van der Waals surface area contributed by atoms with Gasteiger partial charge in [0.05, 0.1) is 18.5 Å². The second-order valence-electron chi connectivity index (χ2n) is 5.33. The molecular formula is C19H15F2N3O2. The standard InChI is InChI=1S/C19H15F2N3O2/c1-26-18-5-3-2-4-16(18)24-19(25)17-11-13(8-9-22-17)23-15-7-6-12(20)10-14(15)21/h2-11H,1H3,(H,22,23)(H,24,25). The quantitative estimate of drug-likeness (QED) is 0.714. The van der Waals surface area contributed by atoms with E-state index in [0.717, 1.165) is 12.1 Å². The zero-order valence-electron chi connectivity index (χ0n) is 13.8. The summed E-state index contributed by atoms with van der Waals surface area (Å²) in [6.45, 7) is 0. The van der Waals surface area contributed by atoms with Crippen LogP contribution in [0.3, 0.4) is 0 Å². The van der Waals surface area contributed by atoms with E-state index in [0.29, 0.717) is 17.1 Å². The molecule has 2 aromatic carbocycles. The average molecular weight is 355 g/mol. The summed E-state index contributed by atoms with van der Waals surface area (Å²) < 4.78 is 31.9. The van der Waals surface area contributed by atoms with Gasteiger partial charge in [0.2, 0.25) is 0 Å². The minimum atomic E-state index is -0.734. The fourth-order valence-corrected chi connectivity index (χ4v) is 2.31. The number of ether oxygens (including phenoxy) is 1. The van der Waals surface area contributed by atoms with Gasteiger partial charge in [0.1, 0.15) is 23.1 Å². The molecule has 0 saturated heterocycles. The van der Waals surface area contributed by atoms with Crippen LogP contribution in [0.25, 0.3) is 0 Å². The number of para-hydroxylation sites is 2. The van der Waals surface area contributed by atoms with Crippen molar-refractivity contribution in [3.8, 4) is 5.75 Å². The maximum absolute atomic E-state index is 13.8. The number of halogens is 2. The predicted molar refractivity (Wildman–Crippen MR) is 94.8 cm³/mol. The van der Waals surface area contributed by atoms with Gasteiger partial charge in [0.25, 0.3) is 5.91 Å². The number of carbonyl (C=O) groups excluding carboxylic acids is 1. The van der Waals surface area contributed by atoms with Gasteiger partial charge in [-0.2, -0.15) is 0 Å². The summed E-state index contributed by atoms with van der Waals surface area (Å²) in [5.41, 5.74) is 1.16. The molecule has 26 heavy (non-hydrogen) atoms. The van der Waals surface area contributed by atoms with Crippen LogP contribution in [0.5, 0.6) is 5.75 Å². The molecule has 132 valence electrons. The molecule has 0 fully saturated rings. The molecule has 2 N–H and O–H groups in total. The predicted octanol–water partition coefficient (Wildman–Crippen LogP) is 4.36. The van der Waals surface area contributed by atoms with Gasteiger partial charge in [-0.05, 0) is 36.4 Å². The third-order valence-corrected chi connectivity index (χ3v) is 3.56. The van der Waals surface area contributed by atoms with Crippen LogP contribution in [0, 0.1) is 11.6 Å². The lowest BCUT2D eigenvalue weighted by atomic mass is 10.2. The summed E-state index contributed by atoms with van der Waals surface area (Å²) in [6.07, 6.45) is 1.42. The van der Waals surface area contributed by atoms with Gasteiger partial charge in [-0.1, -0.05) is 12.1 Å². The molecule has 0 radical (unpaired) electrons. The van der Waals surface area contributed by atoms with Crippen molar-refractivity contribution in [3.63, 3.8) is 0 Å². The summed E-state index contributed by atoms with van der Waals surface area (Å²) in [4.78, 5) is 16.4. The summed E-state index contributed by atoms with van der Waals surface area (Å²) >= 11 is 0. The number of hydrogen-bond donors (Lipinski definition) is 2. The van der Waals surface area contributed by atoms with Crippen molar-refractivity contribution < 1.29 is 18.3 Å². The maximum Gasteiger partial charge on any atom is 0.274 e. The molecule has 0 aliphatic heterocycles. The SMILES string of the molecule is COc1ccccc1NC(=O)c1cc(Nc2ccc(F)cc2F)ccn1. The topological polar surface area (TPSA) is 63.2 Å². The lowest BCUT2D eigenvalue weighted by Gasteiger charge is -2.11. The van der Waals surface area contributed by atoms with Crippen LogP contribution in [0.4, 0.5) is 25.8 Å². The van der Waals surface area contributed by atoms with E-state index in [1.807, 2.05) is 0 Å². The zero-order valence-corrected chi connectivity index (χ0v) is 13.8. The fraction of sp³-hybridized carbons (Fsp3) is 0.0526. The number of methoxy groups -OCH3 is 1. The van der Waals surface area contributed by atoms with Crippen LogP contribution in [0.15, 0.2) is 60.8 Å². The van der Waals surface area contributed by atoms with E-state index >= 15 is 0 Å². The molecule has 0 aliphatic rings. The van der Waals surface area contributed by atoms with Gasteiger partial charge >= 0.3 is 0 Å². The number of amides is 1. The van der Waals surface area contributed by atoms with Crippen LogP contribution in [0.1, 0.15) is 10.5 Å². The van der Waals surface area contributed by atoms with E-state index in [2.05, 4.69) is 15.6 Å². The van der Waals surface area contributed by atoms with E-state index in [4.69, 9.17) is 4.74 Å². The highest BCUT2D eigenvalue weighted by Crippen LogP contribution is 2.24. The lowest BCUT2D eigenvalue weighted by molar-refractivity contribution is 0.102. The van der Waals surface area contributed by atoms with E-state index < -0.39 is 17.5 Å². The zero-order chi connectivity index (χ0) is 18.5. The van der Waals surface area contributed by atoms with Gasteiger partial charge in [-0.15, -0.1) is 0 Å². The molecule has 7 heteroatoms. The molecule has 0 saturated carbocycles. The first kappa shape index (κ1) is 17.3. The largest absolute Gasteiger partial charge is 0.495 e. The number of benzene rings is 2. The third kappa shape index (κ3) is 3.94. The Hall–Kier alpha value is -3.48. The number of carbonyl (C=O) groups is 1. The van der Waals surface area contributed by atoms with E-state index in [1.54, 1.807) is 30.3 Å². The number of nitrogens with zero attached hydrogens (tertiary/aromatic N) is 1. The smallest absolute Gasteiger partial charge is 0.274 e. The van der Waals surface area contributed by atoms with Crippen LogP contribution >= 0.6 is 0 Å². The molecule has 0 atom stereocenters. The summed E-state index contributed by atoms with van der Waals surface area (Å²) in [5, 5.41) is 5.50. The molecule has 3 rings (SSSR count). The third-order valence-electron chi connectivity index (χ3n) is 3.56. The highest BCUT2D eigenvalue weighted by atomic mass is 19.1.